The monoisotopic (exact) mass is 1220 g/mol. The van der Waals surface area contributed by atoms with Gasteiger partial charge in [0.2, 0.25) is 0 Å². The Kier molecular flexibility index (Phi) is 13.0. The van der Waals surface area contributed by atoms with Crippen molar-refractivity contribution in [3.05, 3.63) is 194 Å². The van der Waals surface area contributed by atoms with Crippen LogP contribution in [0.15, 0.2) is 146 Å². The maximum Gasteiger partial charge on any atom is 0.268 e. The van der Waals surface area contributed by atoms with E-state index in [4.69, 9.17) is 9.47 Å². The molecule has 0 saturated carbocycles. The quantitative estimate of drug-likeness (QED) is 0.106. The van der Waals surface area contributed by atoms with Crippen molar-refractivity contribution in [2.45, 2.75) is 52.4 Å². The summed E-state index contributed by atoms with van der Waals surface area (Å²) in [6, 6.07) is 49.7. The van der Waals surface area contributed by atoms with Crippen molar-refractivity contribution in [2.24, 2.45) is 0 Å². The second kappa shape index (κ2) is 18.7. The second-order valence-corrected chi connectivity index (χ2v) is 17.4. The molecule has 0 aliphatic rings. The van der Waals surface area contributed by atoms with Crippen LogP contribution < -0.4 is 18.6 Å². The van der Waals surface area contributed by atoms with E-state index in [-0.39, 0.29) is 53.0 Å². The summed E-state index contributed by atoms with van der Waals surface area (Å²) in [4.78, 5) is 17.6. The molecule has 10 aromatic rings. The van der Waals surface area contributed by atoms with Gasteiger partial charge in [0.1, 0.15) is 0 Å². The molecule has 0 spiro atoms. The van der Waals surface area contributed by atoms with Crippen molar-refractivity contribution in [3.63, 3.8) is 0 Å². The molecule has 12 heteroatoms. The van der Waals surface area contributed by atoms with Crippen LogP contribution in [-0.2, 0) is 53.0 Å². The van der Waals surface area contributed by atoms with Crippen molar-refractivity contribution in [2.75, 3.05) is 0 Å². The van der Waals surface area contributed by atoms with Crippen LogP contribution in [0.1, 0.15) is 52.7 Å². The first-order valence-corrected chi connectivity index (χ1v) is 20.9. The fraction of sp³-hybridized carbons (Fsp3) is 0.148. The zero-order valence-electron chi connectivity index (χ0n) is 36.9. The predicted molar refractivity (Wildman–Crippen MR) is 243 cm³/mol. The summed E-state index contributed by atoms with van der Waals surface area (Å²) in [5.74, 6) is 1.94. The fourth-order valence-electron chi connectivity index (χ4n) is 7.46. The minimum Gasteiger partial charge on any atom is -0.511 e. The molecule has 0 aliphatic heterocycles. The van der Waals surface area contributed by atoms with E-state index in [0.29, 0.717) is 34.4 Å². The standard InChI is InChI=1S/C54H42N8O2.2Pt/c1-53(2,3)37-27-41(61-35-59(39-15-21-55-22-16-39)49-11-7-9-13-51(49)61)31-45(29-37)63-43-19-25-57-47(33-43)48-34-44(20-26-58-48)64-46-30-38(54(4,5)6)28-42(32-46)62-36-60(40-17-23-56-24-18-40)50-12-8-10-14-52(50)62;;/h7-30H,1-6H3;;/q-4;;. The molecule has 10 nitrogen and oxygen atoms in total. The number of benzene rings is 4. The van der Waals surface area contributed by atoms with Gasteiger partial charge >= 0.3 is 0 Å². The number of para-hydroxylation sites is 4. The zero-order valence-corrected chi connectivity index (χ0v) is 41.4. The first-order chi connectivity index (χ1) is 30.9. The van der Waals surface area contributed by atoms with Gasteiger partial charge in [-0.1, -0.05) is 90.1 Å². The van der Waals surface area contributed by atoms with E-state index in [1.165, 1.54) is 0 Å². The Balaban J connectivity index is 0.00000296. The summed E-state index contributed by atoms with van der Waals surface area (Å²) in [5.41, 5.74) is 10.0. The number of ether oxygens (including phenoxy) is 2. The molecule has 0 saturated heterocycles. The van der Waals surface area contributed by atoms with Gasteiger partial charge in [-0.3, -0.25) is 19.1 Å². The maximum absolute atomic E-state index is 6.55. The van der Waals surface area contributed by atoms with Crippen LogP contribution in [0.5, 0.6) is 23.0 Å². The van der Waals surface area contributed by atoms with Gasteiger partial charge in [0.25, 0.3) is 12.7 Å². The molecule has 10 rings (SSSR count). The van der Waals surface area contributed by atoms with E-state index < -0.39 is 0 Å². The number of nitrogens with zero attached hydrogens (tertiary/aromatic N) is 8. The Morgan fingerprint density at radius 1 is 0.455 bits per heavy atom. The van der Waals surface area contributed by atoms with Crippen molar-refractivity contribution >= 4 is 22.1 Å². The third-order valence-corrected chi connectivity index (χ3v) is 10.8. The molecule has 0 unspecified atom stereocenters. The van der Waals surface area contributed by atoms with Gasteiger partial charge in [0.15, 0.2) is 0 Å². The number of pyridine rings is 4. The number of fused-ring (bicyclic) bond motifs is 2. The van der Waals surface area contributed by atoms with Crippen LogP contribution in [0, 0.1) is 36.9 Å². The summed E-state index contributed by atoms with van der Waals surface area (Å²) in [5, 5.41) is 0. The van der Waals surface area contributed by atoms with E-state index in [9.17, 15) is 0 Å². The molecule has 0 radical (unpaired) electrons. The van der Waals surface area contributed by atoms with Gasteiger partial charge in [-0.05, 0) is 58.9 Å². The molecule has 66 heavy (non-hydrogen) atoms. The molecular formula is C54H42N8O2Pt2-4. The largest absolute Gasteiger partial charge is 0.511 e. The first-order valence-electron chi connectivity index (χ1n) is 20.9. The Labute approximate surface area is 413 Å². The average molecular weight is 1230 g/mol. The third-order valence-electron chi connectivity index (χ3n) is 10.8. The van der Waals surface area contributed by atoms with E-state index in [2.05, 4.69) is 135 Å². The molecule has 0 amide bonds. The Morgan fingerprint density at radius 2 is 0.848 bits per heavy atom. The molecule has 0 bridgehead atoms. The van der Waals surface area contributed by atoms with Crippen LogP contribution in [0.3, 0.4) is 0 Å². The van der Waals surface area contributed by atoms with Gasteiger partial charge in [-0.15, -0.1) is 47.8 Å². The number of rotatable bonds is 9. The number of aromatic nitrogens is 8. The minimum atomic E-state index is -0.196. The van der Waals surface area contributed by atoms with Crippen LogP contribution in [-0.4, -0.2) is 29.1 Å². The average Bonchev–Trinajstić information content (AvgIpc) is 3.89. The molecule has 0 atom stereocenters. The van der Waals surface area contributed by atoms with Gasteiger partial charge < -0.3 is 28.6 Å². The van der Waals surface area contributed by atoms with Crippen LogP contribution in [0.25, 0.3) is 56.2 Å². The number of imidazole rings is 2. The van der Waals surface area contributed by atoms with Gasteiger partial charge in [-0.25, -0.2) is 0 Å². The topological polar surface area (TPSA) is 87.6 Å². The van der Waals surface area contributed by atoms with Crippen molar-refractivity contribution < 1.29 is 60.7 Å². The SMILES string of the molecule is CC(C)(C)c1cc(Oc2[c-]c(-c3[c-]c(Oc4[c-]c(-[n+]5[c-]n(-c6ccncc6)c6ccccc65)cc(C(C)(C)C)c4)ccn3)ncc2)[c-]c(-[n+]2[c-]n(-c3ccncc3)c3ccccc32)c1.[Pt].[Pt]. The smallest absolute Gasteiger partial charge is 0.268 e. The fourth-order valence-corrected chi connectivity index (χ4v) is 7.46. The van der Waals surface area contributed by atoms with E-state index in [1.807, 2.05) is 78.9 Å². The second-order valence-electron chi connectivity index (χ2n) is 17.4. The normalized spacial score (nSPS) is 11.5. The molecule has 6 heterocycles. The Hall–Kier alpha value is -6.60. The zero-order chi connectivity index (χ0) is 44.0. The van der Waals surface area contributed by atoms with Crippen LogP contribution in [0.4, 0.5) is 0 Å². The Bertz CT molecular complexity index is 3100. The third kappa shape index (κ3) is 9.39. The molecule has 334 valence electrons. The van der Waals surface area contributed by atoms with Gasteiger partial charge in [-0.2, -0.15) is 35.4 Å². The van der Waals surface area contributed by atoms with Gasteiger partial charge in [0.05, 0.1) is 33.4 Å². The molecule has 0 N–H and O–H groups in total. The van der Waals surface area contributed by atoms with E-state index in [1.54, 1.807) is 49.3 Å². The predicted octanol–water partition coefficient (Wildman–Crippen LogP) is 10.4. The van der Waals surface area contributed by atoms with Crippen molar-refractivity contribution in [3.8, 4) is 57.1 Å². The molecule has 4 aromatic carbocycles. The molecule has 0 fully saturated rings. The van der Waals surface area contributed by atoms with E-state index in [0.717, 1.165) is 55.9 Å². The maximum atomic E-state index is 6.55. The minimum absolute atomic E-state index is 0. The molecule has 0 aliphatic carbocycles. The summed E-state index contributed by atoms with van der Waals surface area (Å²) in [6.45, 7) is 13.1. The summed E-state index contributed by atoms with van der Waals surface area (Å²) < 4.78 is 21.2. The molecular weight excluding hydrogens is 1180 g/mol. The Morgan fingerprint density at radius 3 is 1.24 bits per heavy atom. The summed E-state index contributed by atoms with van der Waals surface area (Å²) in [6.07, 6.45) is 17.6. The van der Waals surface area contributed by atoms with Crippen LogP contribution >= 0.6 is 0 Å². The van der Waals surface area contributed by atoms with Crippen LogP contribution in [0.2, 0.25) is 0 Å². The number of hydrogen-bond donors (Lipinski definition) is 0. The first kappa shape index (κ1) is 45.9. The number of hydrogen-bond acceptors (Lipinski definition) is 6. The van der Waals surface area contributed by atoms with Crippen molar-refractivity contribution in [1.82, 2.24) is 29.1 Å². The molecule has 6 aromatic heterocycles. The summed E-state index contributed by atoms with van der Waals surface area (Å²) in [7, 11) is 0. The van der Waals surface area contributed by atoms with Crippen molar-refractivity contribution in [1.29, 1.82) is 0 Å². The van der Waals surface area contributed by atoms with E-state index >= 15 is 0 Å². The summed E-state index contributed by atoms with van der Waals surface area (Å²) >= 11 is 0. The van der Waals surface area contributed by atoms with Gasteiger partial charge in [0, 0.05) is 89.9 Å².